The molecule has 102 valence electrons. The van der Waals surface area contributed by atoms with Gasteiger partial charge in [-0.1, -0.05) is 12.1 Å². The highest BCUT2D eigenvalue weighted by Crippen LogP contribution is 2.16. The Balaban J connectivity index is 2.09. The van der Waals surface area contributed by atoms with Gasteiger partial charge in [-0.3, -0.25) is 4.79 Å². The largest absolute Gasteiger partial charge is 0.391 e. The fraction of sp³-hybridized carbons (Fsp3) is 0.400. The molecule has 0 aromatic heterocycles. The number of likely N-dealkylation sites (tertiary alicyclic amines) is 1. The average molecular weight is 263 g/mol. The summed E-state index contributed by atoms with van der Waals surface area (Å²) >= 11 is 0. The molecule has 1 aromatic rings. The molecule has 1 N–H and O–H groups in total. The lowest BCUT2D eigenvalue weighted by atomic mass is 10.1. The van der Waals surface area contributed by atoms with Crippen LogP contribution in [0.5, 0.6) is 0 Å². The first-order chi connectivity index (χ1) is 9.06. The van der Waals surface area contributed by atoms with Crippen molar-refractivity contribution >= 4 is 11.5 Å². The van der Waals surface area contributed by atoms with Crippen molar-refractivity contribution < 1.29 is 14.3 Å². The molecule has 2 rings (SSSR count). The molecule has 1 saturated heterocycles. The van der Waals surface area contributed by atoms with Crippen LogP contribution < -0.4 is 0 Å². The van der Waals surface area contributed by atoms with Gasteiger partial charge >= 0.3 is 0 Å². The Morgan fingerprint density at radius 3 is 3.00 bits per heavy atom. The Bertz CT molecular complexity index is 499. The van der Waals surface area contributed by atoms with Gasteiger partial charge < -0.3 is 10.0 Å². The predicted molar refractivity (Wildman–Crippen MR) is 71.9 cm³/mol. The van der Waals surface area contributed by atoms with Crippen LogP contribution in [0.25, 0.3) is 5.57 Å². The van der Waals surface area contributed by atoms with Crippen LogP contribution in [0.2, 0.25) is 0 Å². The van der Waals surface area contributed by atoms with Crippen LogP contribution in [0.1, 0.15) is 25.3 Å². The summed E-state index contributed by atoms with van der Waals surface area (Å²) < 4.78 is 13.1. The Morgan fingerprint density at radius 2 is 2.32 bits per heavy atom. The van der Waals surface area contributed by atoms with Crippen molar-refractivity contribution in [1.29, 1.82) is 0 Å². The van der Waals surface area contributed by atoms with Crippen molar-refractivity contribution in [2.45, 2.75) is 25.9 Å². The highest BCUT2D eigenvalue weighted by Gasteiger charge is 2.20. The summed E-state index contributed by atoms with van der Waals surface area (Å²) in [6, 6.07) is 6.17. The van der Waals surface area contributed by atoms with E-state index in [0.29, 0.717) is 18.7 Å². The van der Waals surface area contributed by atoms with E-state index in [9.17, 15) is 14.3 Å². The third kappa shape index (κ3) is 3.64. The third-order valence-electron chi connectivity index (χ3n) is 3.33. The fourth-order valence-corrected chi connectivity index (χ4v) is 2.25. The van der Waals surface area contributed by atoms with Crippen LogP contribution in [0.4, 0.5) is 4.39 Å². The molecule has 0 saturated carbocycles. The van der Waals surface area contributed by atoms with Gasteiger partial charge in [0.2, 0.25) is 5.91 Å². The zero-order valence-electron chi connectivity index (χ0n) is 11.0. The monoisotopic (exact) mass is 263 g/mol. The summed E-state index contributed by atoms with van der Waals surface area (Å²) in [4.78, 5) is 13.7. The lowest BCUT2D eigenvalue weighted by Crippen LogP contribution is -2.41. The number of nitrogens with zero attached hydrogens (tertiary/aromatic N) is 1. The van der Waals surface area contributed by atoms with Gasteiger partial charge in [0, 0.05) is 19.2 Å². The third-order valence-corrected chi connectivity index (χ3v) is 3.33. The molecule has 1 amide bonds. The average Bonchev–Trinajstić information content (AvgIpc) is 2.38. The first-order valence-corrected chi connectivity index (χ1v) is 6.47. The minimum atomic E-state index is -0.430. The smallest absolute Gasteiger partial charge is 0.246 e. The van der Waals surface area contributed by atoms with E-state index in [1.54, 1.807) is 24.0 Å². The van der Waals surface area contributed by atoms with Gasteiger partial charge in [-0.05, 0) is 43.0 Å². The summed E-state index contributed by atoms with van der Waals surface area (Å²) in [5.41, 5.74) is 1.43. The maximum atomic E-state index is 13.1. The van der Waals surface area contributed by atoms with Gasteiger partial charge in [0.15, 0.2) is 0 Å². The Hall–Kier alpha value is -1.68. The molecule has 1 aliphatic heterocycles. The van der Waals surface area contributed by atoms with E-state index < -0.39 is 6.10 Å². The van der Waals surface area contributed by atoms with Crippen LogP contribution in [0.15, 0.2) is 30.3 Å². The molecule has 0 radical (unpaired) electrons. The van der Waals surface area contributed by atoms with Gasteiger partial charge in [0.1, 0.15) is 5.82 Å². The van der Waals surface area contributed by atoms with Gasteiger partial charge in [-0.2, -0.15) is 0 Å². The molecule has 1 heterocycles. The zero-order chi connectivity index (χ0) is 13.8. The molecule has 0 spiro atoms. The second-order valence-corrected chi connectivity index (χ2v) is 4.92. The van der Waals surface area contributed by atoms with Crippen LogP contribution >= 0.6 is 0 Å². The Morgan fingerprint density at radius 1 is 1.53 bits per heavy atom. The van der Waals surface area contributed by atoms with E-state index in [0.717, 1.165) is 18.4 Å². The number of amides is 1. The van der Waals surface area contributed by atoms with Crippen LogP contribution in [-0.4, -0.2) is 35.1 Å². The number of allylic oxidation sites excluding steroid dienone is 1. The lowest BCUT2D eigenvalue weighted by Gasteiger charge is -2.29. The number of carbonyl (C=O) groups is 1. The number of carbonyl (C=O) groups excluding carboxylic acids is 1. The number of aliphatic hydroxyl groups is 1. The first kappa shape index (κ1) is 13.7. The number of aliphatic hydroxyl groups excluding tert-OH is 1. The van der Waals surface area contributed by atoms with E-state index in [4.69, 9.17) is 0 Å². The summed E-state index contributed by atoms with van der Waals surface area (Å²) in [5, 5.41) is 9.55. The minimum Gasteiger partial charge on any atom is -0.391 e. The molecule has 0 aliphatic carbocycles. The molecule has 1 aromatic carbocycles. The van der Waals surface area contributed by atoms with E-state index in [1.165, 1.54) is 18.2 Å². The summed E-state index contributed by atoms with van der Waals surface area (Å²) in [7, 11) is 0. The molecule has 1 fully saturated rings. The summed E-state index contributed by atoms with van der Waals surface area (Å²) in [5.74, 6) is -0.438. The quantitative estimate of drug-likeness (QED) is 0.831. The van der Waals surface area contributed by atoms with Gasteiger partial charge in [0.05, 0.1) is 6.10 Å². The number of β-amino-alcohol motifs (C(OH)–C–C–N with tert-alkyl or cyclic N) is 1. The fourth-order valence-electron chi connectivity index (χ4n) is 2.25. The SMILES string of the molecule is CC(=CC(=O)N1CCCC(O)C1)c1cccc(F)c1. The van der Waals surface area contributed by atoms with Crippen molar-refractivity contribution in [1.82, 2.24) is 4.90 Å². The topological polar surface area (TPSA) is 40.5 Å². The summed E-state index contributed by atoms with van der Waals surface area (Å²) in [6.07, 6.45) is 2.64. The molecule has 1 atom stereocenters. The highest BCUT2D eigenvalue weighted by molar-refractivity contribution is 5.94. The molecule has 19 heavy (non-hydrogen) atoms. The first-order valence-electron chi connectivity index (χ1n) is 6.47. The van der Waals surface area contributed by atoms with Crippen LogP contribution in [0.3, 0.4) is 0 Å². The number of halogens is 1. The molecule has 1 aliphatic rings. The van der Waals surface area contributed by atoms with E-state index in [2.05, 4.69) is 0 Å². The second kappa shape index (κ2) is 5.97. The molecule has 0 bridgehead atoms. The number of piperidine rings is 1. The number of benzene rings is 1. The van der Waals surface area contributed by atoms with E-state index in [-0.39, 0.29) is 11.7 Å². The summed E-state index contributed by atoms with van der Waals surface area (Å²) in [6.45, 7) is 2.83. The molecular formula is C15H18FNO2. The maximum absolute atomic E-state index is 13.1. The standard InChI is InChI=1S/C15H18FNO2/c1-11(12-4-2-5-13(16)9-12)8-15(19)17-7-3-6-14(18)10-17/h2,4-5,8-9,14,18H,3,6-7,10H2,1H3. The lowest BCUT2D eigenvalue weighted by molar-refractivity contribution is -0.128. The number of rotatable bonds is 2. The number of hydrogen-bond donors (Lipinski definition) is 1. The van der Waals surface area contributed by atoms with Crippen molar-refractivity contribution in [2.24, 2.45) is 0 Å². The Labute approximate surface area is 112 Å². The van der Waals surface area contributed by atoms with Crippen LogP contribution in [0, 0.1) is 5.82 Å². The van der Waals surface area contributed by atoms with E-state index >= 15 is 0 Å². The zero-order valence-corrected chi connectivity index (χ0v) is 11.0. The van der Waals surface area contributed by atoms with Crippen molar-refractivity contribution in [3.05, 3.63) is 41.7 Å². The van der Waals surface area contributed by atoms with Crippen molar-refractivity contribution in [3.63, 3.8) is 0 Å². The molecule has 1 unspecified atom stereocenters. The maximum Gasteiger partial charge on any atom is 0.246 e. The van der Waals surface area contributed by atoms with Gasteiger partial charge in [0.25, 0.3) is 0 Å². The highest BCUT2D eigenvalue weighted by atomic mass is 19.1. The Kier molecular flexibility index (Phi) is 4.32. The normalized spacial score (nSPS) is 20.5. The second-order valence-electron chi connectivity index (χ2n) is 4.92. The van der Waals surface area contributed by atoms with Crippen LogP contribution in [-0.2, 0) is 4.79 Å². The predicted octanol–water partition coefficient (Wildman–Crippen LogP) is 2.21. The molecule has 4 heteroatoms. The van der Waals surface area contributed by atoms with E-state index in [1.807, 2.05) is 0 Å². The number of hydrogen-bond acceptors (Lipinski definition) is 2. The van der Waals surface area contributed by atoms with Gasteiger partial charge in [-0.15, -0.1) is 0 Å². The minimum absolute atomic E-state index is 0.125. The van der Waals surface area contributed by atoms with Crippen molar-refractivity contribution in [3.8, 4) is 0 Å². The molecular weight excluding hydrogens is 245 g/mol. The van der Waals surface area contributed by atoms with Gasteiger partial charge in [-0.25, -0.2) is 4.39 Å². The molecule has 3 nitrogen and oxygen atoms in total. The van der Waals surface area contributed by atoms with Crippen molar-refractivity contribution in [2.75, 3.05) is 13.1 Å².